The second kappa shape index (κ2) is 7.45. The summed E-state index contributed by atoms with van der Waals surface area (Å²) in [6.07, 6.45) is 4.59. The number of benzene rings is 1. The molecule has 0 spiro atoms. The number of hydrogen-bond donors (Lipinski definition) is 2. The largest absolute Gasteiger partial charge is 0.496 e. The highest BCUT2D eigenvalue weighted by Crippen LogP contribution is 2.17. The number of rotatable bonds is 7. The highest BCUT2D eigenvalue weighted by atomic mass is 16.5. The first kappa shape index (κ1) is 14.3. The Hall–Kier alpha value is -2.14. The molecule has 0 fully saturated rings. The summed E-state index contributed by atoms with van der Waals surface area (Å²) in [5.41, 5.74) is 2.29. The zero-order chi connectivity index (χ0) is 14.2. The van der Waals surface area contributed by atoms with Crippen LogP contribution in [0.15, 0.2) is 36.7 Å². The minimum atomic E-state index is 0.641. The second-order valence-corrected chi connectivity index (χ2v) is 4.40. The van der Waals surface area contributed by atoms with Gasteiger partial charge in [-0.1, -0.05) is 18.2 Å². The van der Waals surface area contributed by atoms with Crippen molar-refractivity contribution in [3.05, 3.63) is 47.8 Å². The minimum Gasteiger partial charge on any atom is -0.496 e. The molecule has 0 aliphatic carbocycles. The van der Waals surface area contributed by atoms with E-state index in [0.29, 0.717) is 5.95 Å². The van der Waals surface area contributed by atoms with E-state index in [9.17, 15) is 0 Å². The number of hydrogen-bond acceptors (Lipinski definition) is 5. The molecule has 20 heavy (non-hydrogen) atoms. The van der Waals surface area contributed by atoms with Gasteiger partial charge in [0, 0.05) is 31.5 Å². The molecule has 0 saturated heterocycles. The molecular formula is C15H20N4O. The van der Waals surface area contributed by atoms with Gasteiger partial charge in [-0.25, -0.2) is 9.97 Å². The zero-order valence-corrected chi connectivity index (χ0v) is 11.9. The van der Waals surface area contributed by atoms with Gasteiger partial charge in [0.2, 0.25) is 5.95 Å². The van der Waals surface area contributed by atoms with Gasteiger partial charge in [-0.2, -0.15) is 0 Å². The number of anilines is 1. The van der Waals surface area contributed by atoms with E-state index in [2.05, 4.69) is 26.7 Å². The third-order valence-corrected chi connectivity index (χ3v) is 3.02. The van der Waals surface area contributed by atoms with Gasteiger partial charge in [0.05, 0.1) is 7.11 Å². The van der Waals surface area contributed by atoms with Crippen LogP contribution in [0.4, 0.5) is 5.95 Å². The molecular weight excluding hydrogens is 252 g/mol. The van der Waals surface area contributed by atoms with Gasteiger partial charge in [-0.3, -0.25) is 0 Å². The van der Waals surface area contributed by atoms with E-state index in [1.54, 1.807) is 14.2 Å². The van der Waals surface area contributed by atoms with Crippen molar-refractivity contribution >= 4 is 5.95 Å². The van der Waals surface area contributed by atoms with E-state index in [1.807, 2.05) is 30.6 Å². The monoisotopic (exact) mass is 272 g/mol. The molecule has 0 bridgehead atoms. The molecule has 106 valence electrons. The standard InChI is InChI=1S/C15H20N4O/c1-16-15-18-10-12(11-19-15)9-17-8-7-13-5-3-4-6-14(13)20-2/h3-6,10-11,17H,7-9H2,1-2H3,(H,16,18,19). The lowest BCUT2D eigenvalue weighted by Gasteiger charge is -2.09. The van der Waals surface area contributed by atoms with Gasteiger partial charge >= 0.3 is 0 Å². The SMILES string of the molecule is CNc1ncc(CNCCc2ccccc2OC)cn1. The van der Waals surface area contributed by atoms with Gasteiger partial charge < -0.3 is 15.4 Å². The fraction of sp³-hybridized carbons (Fsp3) is 0.333. The Balaban J connectivity index is 1.78. The number of aromatic nitrogens is 2. The third-order valence-electron chi connectivity index (χ3n) is 3.02. The van der Waals surface area contributed by atoms with Gasteiger partial charge in [0.1, 0.15) is 5.75 Å². The third kappa shape index (κ3) is 3.93. The Morgan fingerprint density at radius 1 is 1.15 bits per heavy atom. The van der Waals surface area contributed by atoms with Crippen LogP contribution in [0.1, 0.15) is 11.1 Å². The van der Waals surface area contributed by atoms with Gasteiger partial charge in [0.25, 0.3) is 0 Å². The maximum atomic E-state index is 5.33. The average Bonchev–Trinajstić information content (AvgIpc) is 2.52. The van der Waals surface area contributed by atoms with E-state index in [-0.39, 0.29) is 0 Å². The van der Waals surface area contributed by atoms with Crippen LogP contribution < -0.4 is 15.4 Å². The van der Waals surface area contributed by atoms with Gasteiger partial charge in [-0.05, 0) is 24.6 Å². The van der Waals surface area contributed by atoms with Crippen LogP contribution in [0, 0.1) is 0 Å². The molecule has 0 amide bonds. The van der Waals surface area contributed by atoms with E-state index in [4.69, 9.17) is 4.74 Å². The van der Waals surface area contributed by atoms with Crippen LogP contribution in [0.3, 0.4) is 0 Å². The molecule has 1 heterocycles. The molecule has 0 radical (unpaired) electrons. The number of ether oxygens (including phenoxy) is 1. The number of nitrogens with one attached hydrogen (secondary N) is 2. The molecule has 2 aromatic rings. The Bertz CT molecular complexity index is 528. The highest BCUT2D eigenvalue weighted by Gasteiger charge is 2.01. The predicted octanol–water partition coefficient (Wildman–Crippen LogP) is 1.86. The summed E-state index contributed by atoms with van der Waals surface area (Å²) in [7, 11) is 3.51. The van der Waals surface area contributed by atoms with Crippen LogP contribution in [-0.2, 0) is 13.0 Å². The van der Waals surface area contributed by atoms with Crippen molar-refractivity contribution in [2.45, 2.75) is 13.0 Å². The Morgan fingerprint density at radius 2 is 1.90 bits per heavy atom. The van der Waals surface area contributed by atoms with Crippen molar-refractivity contribution in [1.29, 1.82) is 0 Å². The van der Waals surface area contributed by atoms with Crippen molar-refractivity contribution in [3.8, 4) is 5.75 Å². The summed E-state index contributed by atoms with van der Waals surface area (Å²) < 4.78 is 5.33. The fourth-order valence-corrected chi connectivity index (χ4v) is 1.94. The van der Waals surface area contributed by atoms with Crippen LogP contribution in [0.25, 0.3) is 0 Å². The Kier molecular flexibility index (Phi) is 5.32. The molecule has 0 aliphatic heterocycles. The summed E-state index contributed by atoms with van der Waals surface area (Å²) in [5.74, 6) is 1.58. The van der Waals surface area contributed by atoms with E-state index in [1.165, 1.54) is 5.56 Å². The number of para-hydroxylation sites is 1. The molecule has 5 heteroatoms. The Labute approximate surface area is 119 Å². The maximum Gasteiger partial charge on any atom is 0.222 e. The lowest BCUT2D eigenvalue weighted by molar-refractivity contribution is 0.409. The summed E-state index contributed by atoms with van der Waals surface area (Å²) >= 11 is 0. The van der Waals surface area contributed by atoms with E-state index >= 15 is 0 Å². The van der Waals surface area contributed by atoms with Crippen molar-refractivity contribution in [3.63, 3.8) is 0 Å². The van der Waals surface area contributed by atoms with Crippen LogP contribution in [0.2, 0.25) is 0 Å². The quantitative estimate of drug-likeness (QED) is 0.753. The van der Waals surface area contributed by atoms with Crippen molar-refractivity contribution in [2.75, 3.05) is 26.0 Å². The van der Waals surface area contributed by atoms with Crippen LogP contribution >= 0.6 is 0 Å². The normalized spacial score (nSPS) is 10.3. The molecule has 5 nitrogen and oxygen atoms in total. The molecule has 0 unspecified atom stereocenters. The molecule has 2 rings (SSSR count). The van der Waals surface area contributed by atoms with Crippen LogP contribution in [0.5, 0.6) is 5.75 Å². The molecule has 0 saturated carbocycles. The Morgan fingerprint density at radius 3 is 2.60 bits per heavy atom. The summed E-state index contributed by atoms with van der Waals surface area (Å²) in [6, 6.07) is 8.09. The first-order valence-electron chi connectivity index (χ1n) is 6.64. The van der Waals surface area contributed by atoms with Crippen molar-refractivity contribution in [2.24, 2.45) is 0 Å². The molecule has 0 atom stereocenters. The summed E-state index contributed by atoms with van der Waals surface area (Å²) in [4.78, 5) is 8.36. The van der Waals surface area contributed by atoms with Crippen LogP contribution in [-0.4, -0.2) is 30.7 Å². The fourth-order valence-electron chi connectivity index (χ4n) is 1.94. The highest BCUT2D eigenvalue weighted by molar-refractivity contribution is 5.33. The molecule has 0 aliphatic rings. The molecule has 1 aromatic carbocycles. The summed E-state index contributed by atoms with van der Waals surface area (Å²) in [6.45, 7) is 1.65. The van der Waals surface area contributed by atoms with Crippen molar-refractivity contribution in [1.82, 2.24) is 15.3 Å². The second-order valence-electron chi connectivity index (χ2n) is 4.40. The smallest absolute Gasteiger partial charge is 0.222 e. The van der Waals surface area contributed by atoms with E-state index in [0.717, 1.165) is 30.8 Å². The first-order valence-corrected chi connectivity index (χ1v) is 6.64. The first-order chi connectivity index (χ1) is 9.83. The zero-order valence-electron chi connectivity index (χ0n) is 11.9. The predicted molar refractivity (Wildman–Crippen MR) is 80.0 cm³/mol. The number of methoxy groups -OCH3 is 1. The lowest BCUT2D eigenvalue weighted by atomic mass is 10.1. The lowest BCUT2D eigenvalue weighted by Crippen LogP contribution is -2.17. The average molecular weight is 272 g/mol. The van der Waals surface area contributed by atoms with Gasteiger partial charge in [0.15, 0.2) is 0 Å². The minimum absolute atomic E-state index is 0.641. The molecule has 1 aromatic heterocycles. The molecule has 2 N–H and O–H groups in total. The number of nitrogens with zero attached hydrogens (tertiary/aromatic N) is 2. The topological polar surface area (TPSA) is 59.1 Å². The van der Waals surface area contributed by atoms with Gasteiger partial charge in [-0.15, -0.1) is 0 Å². The van der Waals surface area contributed by atoms with Crippen molar-refractivity contribution < 1.29 is 4.74 Å². The summed E-state index contributed by atoms with van der Waals surface area (Å²) in [5, 5.41) is 6.28. The van der Waals surface area contributed by atoms with E-state index < -0.39 is 0 Å². The maximum absolute atomic E-state index is 5.33.